The molecule has 0 spiro atoms. The van der Waals surface area contributed by atoms with Gasteiger partial charge in [0, 0.05) is 66.8 Å². The fourth-order valence-corrected chi connectivity index (χ4v) is 4.94. The number of hydrogen-bond donors (Lipinski definition) is 2. The summed E-state index contributed by atoms with van der Waals surface area (Å²) in [5.41, 5.74) is 6.10. The number of nitrogens with zero attached hydrogens (tertiary/aromatic N) is 5. The van der Waals surface area contributed by atoms with Crippen LogP contribution in [0.5, 0.6) is 0 Å². The molecular weight excluding hydrogens is 498 g/mol. The van der Waals surface area contributed by atoms with Gasteiger partial charge in [-0.1, -0.05) is 18.2 Å². The lowest BCUT2D eigenvalue weighted by atomic mass is 10.1. The van der Waals surface area contributed by atoms with Gasteiger partial charge < -0.3 is 10.6 Å². The van der Waals surface area contributed by atoms with Gasteiger partial charge in [0.2, 0.25) is 5.95 Å². The fourth-order valence-electron chi connectivity index (χ4n) is 4.94. The van der Waals surface area contributed by atoms with E-state index in [1.165, 1.54) is 12.0 Å². The molecule has 0 aliphatic carbocycles. The lowest BCUT2D eigenvalue weighted by Gasteiger charge is -2.25. The van der Waals surface area contributed by atoms with Crippen molar-refractivity contribution in [3.8, 4) is 11.3 Å². The normalized spacial score (nSPS) is 14.6. The van der Waals surface area contributed by atoms with Crippen LogP contribution in [0.3, 0.4) is 0 Å². The van der Waals surface area contributed by atoms with E-state index < -0.39 is 0 Å². The molecule has 4 aromatic rings. The molecule has 5 rings (SSSR count). The van der Waals surface area contributed by atoms with Crippen LogP contribution in [-0.4, -0.2) is 62.9 Å². The highest BCUT2D eigenvalue weighted by atomic mass is 16.1. The van der Waals surface area contributed by atoms with Crippen molar-refractivity contribution in [2.24, 2.45) is 0 Å². The first-order valence-corrected chi connectivity index (χ1v) is 13.9. The van der Waals surface area contributed by atoms with E-state index >= 15 is 0 Å². The van der Waals surface area contributed by atoms with Gasteiger partial charge in [0.1, 0.15) is 0 Å². The molecule has 0 radical (unpaired) electrons. The molecule has 1 saturated heterocycles. The van der Waals surface area contributed by atoms with E-state index in [-0.39, 0.29) is 5.91 Å². The number of pyridine rings is 1. The first-order chi connectivity index (χ1) is 19.4. The maximum atomic E-state index is 13.0. The Hall–Kier alpha value is -4.14. The molecule has 8 nitrogen and oxygen atoms in total. The molecule has 2 aromatic carbocycles. The van der Waals surface area contributed by atoms with Crippen molar-refractivity contribution in [2.45, 2.75) is 39.8 Å². The Morgan fingerprint density at radius 2 is 1.82 bits per heavy atom. The van der Waals surface area contributed by atoms with Crippen LogP contribution in [0.4, 0.5) is 17.3 Å². The van der Waals surface area contributed by atoms with E-state index in [1.54, 1.807) is 18.6 Å². The van der Waals surface area contributed by atoms with Crippen LogP contribution in [0.1, 0.15) is 41.8 Å². The van der Waals surface area contributed by atoms with Crippen LogP contribution in [0, 0.1) is 6.92 Å². The second kappa shape index (κ2) is 12.8. The summed E-state index contributed by atoms with van der Waals surface area (Å²) in [6, 6.07) is 20.0. The molecule has 8 heteroatoms. The summed E-state index contributed by atoms with van der Waals surface area (Å²) >= 11 is 0. The van der Waals surface area contributed by atoms with Gasteiger partial charge in [0.05, 0.1) is 5.69 Å². The lowest BCUT2D eigenvalue weighted by Crippen LogP contribution is -2.34. The maximum Gasteiger partial charge on any atom is 0.255 e. The van der Waals surface area contributed by atoms with Crippen molar-refractivity contribution in [2.75, 3.05) is 36.8 Å². The third kappa shape index (κ3) is 7.08. The van der Waals surface area contributed by atoms with Gasteiger partial charge in [-0.3, -0.25) is 19.6 Å². The summed E-state index contributed by atoms with van der Waals surface area (Å²) in [6.45, 7) is 11.9. The highest BCUT2D eigenvalue weighted by molar-refractivity contribution is 6.04. The number of carbonyl (C=O) groups excluding carboxylic acids is 1. The van der Waals surface area contributed by atoms with Crippen molar-refractivity contribution in [3.05, 3.63) is 95.9 Å². The minimum absolute atomic E-state index is 0.140. The molecule has 0 bridgehead atoms. The molecule has 3 heterocycles. The average Bonchev–Trinajstić information content (AvgIpc) is 3.22. The Labute approximate surface area is 236 Å². The summed E-state index contributed by atoms with van der Waals surface area (Å²) in [5.74, 6) is 0.336. The zero-order chi connectivity index (χ0) is 27.9. The van der Waals surface area contributed by atoms with E-state index in [4.69, 9.17) is 0 Å². The van der Waals surface area contributed by atoms with Gasteiger partial charge in [-0.2, -0.15) is 0 Å². The quantitative estimate of drug-likeness (QED) is 0.297. The first-order valence-electron chi connectivity index (χ1n) is 13.9. The second-order valence-electron chi connectivity index (χ2n) is 10.6. The Balaban J connectivity index is 1.21. The minimum atomic E-state index is -0.140. The van der Waals surface area contributed by atoms with Crippen LogP contribution in [0.25, 0.3) is 11.3 Å². The topological polar surface area (TPSA) is 86.3 Å². The van der Waals surface area contributed by atoms with E-state index in [1.807, 2.05) is 55.5 Å². The van der Waals surface area contributed by atoms with Gasteiger partial charge in [0.15, 0.2) is 0 Å². The molecule has 206 valence electrons. The highest BCUT2D eigenvalue weighted by Gasteiger charge is 2.17. The fraction of sp³-hybridized carbons (Fsp3) is 0.312. The predicted molar refractivity (Wildman–Crippen MR) is 161 cm³/mol. The monoisotopic (exact) mass is 535 g/mol. The molecule has 2 N–H and O–H groups in total. The Morgan fingerprint density at radius 3 is 2.60 bits per heavy atom. The third-order valence-corrected chi connectivity index (χ3v) is 7.33. The number of aryl methyl sites for hydroxylation is 1. The SMILES string of the molecule is Cc1ccc(NC(=O)c2ccc(CN3CCCN(C(C)C)CC3)cc2)cc1Nc1nccc(-c2cccnc2)n1. The van der Waals surface area contributed by atoms with Crippen molar-refractivity contribution in [1.82, 2.24) is 24.8 Å². The van der Waals surface area contributed by atoms with Crippen molar-refractivity contribution in [1.29, 1.82) is 0 Å². The Morgan fingerprint density at radius 1 is 0.975 bits per heavy atom. The second-order valence-corrected chi connectivity index (χ2v) is 10.6. The van der Waals surface area contributed by atoms with Gasteiger partial charge in [-0.05, 0) is 93.9 Å². The van der Waals surface area contributed by atoms with Crippen LogP contribution >= 0.6 is 0 Å². The summed E-state index contributed by atoms with van der Waals surface area (Å²) in [4.78, 5) is 31.3. The molecule has 0 saturated carbocycles. The number of hydrogen-bond acceptors (Lipinski definition) is 7. The van der Waals surface area contributed by atoms with E-state index in [2.05, 4.69) is 61.4 Å². The zero-order valence-electron chi connectivity index (χ0n) is 23.5. The standard InChI is InChI=1S/C32H37N7O/c1-23(2)39-17-5-16-38(18-19-39)22-25-8-10-26(11-9-25)31(40)35-28-12-7-24(3)30(20-28)37-32-34-15-13-29(36-32)27-6-4-14-33-21-27/h4,6-15,20-21,23H,5,16-19,22H2,1-3H3,(H,35,40)(H,34,36,37). The molecule has 1 fully saturated rings. The van der Waals surface area contributed by atoms with E-state index in [9.17, 15) is 4.79 Å². The van der Waals surface area contributed by atoms with Crippen molar-refractivity contribution >= 4 is 23.2 Å². The molecule has 0 atom stereocenters. The number of nitrogens with one attached hydrogen (secondary N) is 2. The number of aromatic nitrogens is 3. The number of anilines is 3. The third-order valence-electron chi connectivity index (χ3n) is 7.33. The molecule has 2 aromatic heterocycles. The molecule has 1 aliphatic heterocycles. The highest BCUT2D eigenvalue weighted by Crippen LogP contribution is 2.25. The van der Waals surface area contributed by atoms with Gasteiger partial charge >= 0.3 is 0 Å². The lowest BCUT2D eigenvalue weighted by molar-refractivity contribution is 0.102. The average molecular weight is 536 g/mol. The molecular formula is C32H37N7O. The zero-order valence-corrected chi connectivity index (χ0v) is 23.5. The molecule has 0 unspecified atom stereocenters. The summed E-state index contributed by atoms with van der Waals surface area (Å²) in [6.07, 6.45) is 6.41. The van der Waals surface area contributed by atoms with Gasteiger partial charge in [0.25, 0.3) is 5.91 Å². The van der Waals surface area contributed by atoms with Gasteiger partial charge in [-0.25, -0.2) is 9.97 Å². The van der Waals surface area contributed by atoms with Crippen molar-refractivity contribution in [3.63, 3.8) is 0 Å². The smallest absolute Gasteiger partial charge is 0.255 e. The maximum absolute atomic E-state index is 13.0. The summed E-state index contributed by atoms with van der Waals surface area (Å²) in [7, 11) is 0. The Bertz CT molecular complexity index is 1420. The number of amides is 1. The van der Waals surface area contributed by atoms with Crippen LogP contribution < -0.4 is 10.6 Å². The minimum Gasteiger partial charge on any atom is -0.324 e. The van der Waals surface area contributed by atoms with E-state index in [0.717, 1.165) is 55.2 Å². The molecule has 1 aliphatic rings. The molecule has 1 amide bonds. The number of benzene rings is 2. The first kappa shape index (κ1) is 27.4. The largest absolute Gasteiger partial charge is 0.324 e. The predicted octanol–water partition coefficient (Wildman–Crippen LogP) is 5.76. The van der Waals surface area contributed by atoms with Gasteiger partial charge in [-0.15, -0.1) is 0 Å². The van der Waals surface area contributed by atoms with E-state index in [0.29, 0.717) is 23.2 Å². The van der Waals surface area contributed by atoms with Crippen molar-refractivity contribution < 1.29 is 4.79 Å². The molecule has 40 heavy (non-hydrogen) atoms. The summed E-state index contributed by atoms with van der Waals surface area (Å²) < 4.78 is 0. The van der Waals surface area contributed by atoms with Crippen LogP contribution in [0.2, 0.25) is 0 Å². The number of carbonyl (C=O) groups is 1. The van der Waals surface area contributed by atoms with Crippen LogP contribution in [0.15, 0.2) is 79.3 Å². The number of rotatable bonds is 8. The van der Waals surface area contributed by atoms with Crippen LogP contribution in [-0.2, 0) is 6.54 Å². The Kier molecular flexibility index (Phi) is 8.78. The summed E-state index contributed by atoms with van der Waals surface area (Å²) in [5, 5.41) is 6.32.